The number of ether oxygens (including phenoxy) is 2. The van der Waals surface area contributed by atoms with Gasteiger partial charge in [0.05, 0.1) is 51.2 Å². The zero-order valence-electron chi connectivity index (χ0n) is 51.1. The average molecular weight is 1260 g/mol. The quantitative estimate of drug-likeness (QED) is 0.0507. The minimum atomic E-state index is -0.550. The van der Waals surface area contributed by atoms with Crippen LogP contribution < -0.4 is 69.8 Å². The molecule has 444 valence electrons. The number of furan rings is 2. The number of fused-ring (bicyclic) bond motifs is 2. The maximum atomic E-state index is 12.7. The van der Waals surface area contributed by atoms with E-state index in [9.17, 15) is 29.8 Å². The summed E-state index contributed by atoms with van der Waals surface area (Å²) in [6.07, 6.45) is 6.51. The van der Waals surface area contributed by atoms with Crippen molar-refractivity contribution < 1.29 is 123 Å². The van der Waals surface area contributed by atoms with Crippen LogP contribution in [0.15, 0.2) is 123 Å². The maximum absolute atomic E-state index is 12.7. The van der Waals surface area contributed by atoms with Gasteiger partial charge in [0.1, 0.15) is 50.1 Å². The predicted octanol–water partition coefficient (Wildman–Crippen LogP) is 6.58. The number of nitrogens with one attached hydrogen (secondary N) is 2. The van der Waals surface area contributed by atoms with E-state index in [-0.39, 0.29) is 103 Å². The van der Waals surface area contributed by atoms with Crippen molar-refractivity contribution in [3.8, 4) is 33.9 Å². The van der Waals surface area contributed by atoms with E-state index in [4.69, 9.17) is 37.7 Å². The van der Waals surface area contributed by atoms with Gasteiger partial charge < -0.3 is 49.2 Å². The third-order valence-electron chi connectivity index (χ3n) is 14.2. The molecule has 2 N–H and O–H groups in total. The van der Waals surface area contributed by atoms with Crippen molar-refractivity contribution in [2.75, 3.05) is 13.1 Å². The number of nitrogens with zero attached hydrogens (tertiary/aromatic N) is 6. The van der Waals surface area contributed by atoms with Gasteiger partial charge in [-0.15, -0.1) is 0 Å². The Labute approximate surface area is 550 Å². The summed E-state index contributed by atoms with van der Waals surface area (Å²) in [7, 11) is -0.433. The minimum Gasteiger partial charge on any atom is -1.00 e. The third-order valence-corrected chi connectivity index (χ3v) is 14.6. The van der Waals surface area contributed by atoms with Crippen LogP contribution in [0.25, 0.3) is 55.8 Å². The predicted molar refractivity (Wildman–Crippen MR) is 314 cm³/mol. The molecule has 3 saturated heterocycles. The van der Waals surface area contributed by atoms with Crippen LogP contribution in [0.4, 0.5) is 21.0 Å². The fourth-order valence-corrected chi connectivity index (χ4v) is 9.80. The number of aromatic amines is 2. The van der Waals surface area contributed by atoms with Crippen LogP contribution in [0, 0.1) is 20.2 Å². The molecule has 4 aromatic heterocycles. The number of benzene rings is 4. The Morgan fingerprint density at radius 3 is 1.51 bits per heavy atom. The summed E-state index contributed by atoms with van der Waals surface area (Å²) in [5.41, 5.74) is 4.00. The van der Waals surface area contributed by atoms with Crippen molar-refractivity contribution in [1.82, 2.24) is 29.7 Å². The monoisotopic (exact) mass is 1260 g/mol. The normalized spacial score (nSPS) is 16.7. The molecule has 0 bridgehead atoms. The van der Waals surface area contributed by atoms with Gasteiger partial charge in [0.15, 0.2) is 0 Å². The Morgan fingerprint density at radius 1 is 0.674 bits per heavy atom. The Hall–Kier alpha value is -6.39. The SMILES string of the molecule is CC(C)(C)OC(=O)N1CCC[C@H]1c1ncc(-c2ccc3oc(-c4ccc([N+](=O)[O-])cc4)cc3c2)[nH]1.CC(C)(C)OC(=O)N1CCC[C@H]1c1ncc(Br)[nH]1.CC1(C)OB(c2ccc3oc(-c4ccc([N+](=O)[O-])cc4)cc3c2)OC1(C)C.O=CO[O-].[H-].[Na+].[Na+]. The second-order valence-electron chi connectivity index (χ2n) is 23.1. The van der Waals surface area contributed by atoms with Crippen LogP contribution in [-0.2, 0) is 28.5 Å². The van der Waals surface area contributed by atoms with Crippen LogP contribution in [0.5, 0.6) is 0 Å². The third kappa shape index (κ3) is 17.0. The molecule has 3 aliphatic heterocycles. The van der Waals surface area contributed by atoms with E-state index in [1.807, 2.05) is 118 Å². The van der Waals surface area contributed by atoms with Crippen molar-refractivity contribution >= 4 is 80.5 Å². The number of rotatable bonds is 9. The molecule has 0 spiro atoms. The molecule has 0 aliphatic carbocycles. The first-order valence-corrected chi connectivity index (χ1v) is 27.8. The van der Waals surface area contributed by atoms with Crippen molar-refractivity contribution in [2.45, 2.75) is 129 Å². The number of aromatic nitrogens is 4. The molecule has 2 amide bonds. The Bertz CT molecular complexity index is 3640. The van der Waals surface area contributed by atoms with Crippen LogP contribution in [0.1, 0.15) is 120 Å². The smallest absolute Gasteiger partial charge is 1.00 e. The van der Waals surface area contributed by atoms with Gasteiger partial charge in [-0.1, -0.05) is 12.1 Å². The number of non-ortho nitro benzene ring substituents is 2. The zero-order valence-corrected chi connectivity index (χ0v) is 55.7. The molecular formula is C59H66BBrN8Na2O15. The van der Waals surface area contributed by atoms with Crippen molar-refractivity contribution in [3.63, 3.8) is 0 Å². The number of hydrogen-bond donors (Lipinski definition) is 2. The second-order valence-corrected chi connectivity index (χ2v) is 24.0. The number of hydrogen-bond acceptors (Lipinski definition) is 17. The Balaban J connectivity index is 0.000000237. The molecule has 3 fully saturated rings. The number of imidazole rings is 2. The van der Waals surface area contributed by atoms with Crippen molar-refractivity contribution in [3.05, 3.63) is 146 Å². The van der Waals surface area contributed by atoms with Gasteiger partial charge in [-0.25, -0.2) is 19.6 Å². The van der Waals surface area contributed by atoms with E-state index >= 15 is 0 Å². The molecule has 11 rings (SSSR count). The van der Waals surface area contributed by atoms with Crippen LogP contribution in [-0.4, -0.2) is 101 Å². The van der Waals surface area contributed by atoms with Crippen LogP contribution in [0.2, 0.25) is 0 Å². The van der Waals surface area contributed by atoms with Crippen LogP contribution in [0.3, 0.4) is 0 Å². The van der Waals surface area contributed by atoms with Crippen molar-refractivity contribution in [2.24, 2.45) is 0 Å². The number of nitro benzene ring substituents is 2. The molecule has 0 saturated carbocycles. The number of carbonyl (C=O) groups excluding carboxylic acids is 3. The molecule has 27 heteroatoms. The summed E-state index contributed by atoms with van der Waals surface area (Å²) in [6.45, 7) is 20.5. The molecule has 86 heavy (non-hydrogen) atoms. The summed E-state index contributed by atoms with van der Waals surface area (Å²) in [6, 6.07) is 27.9. The van der Waals surface area contributed by atoms with E-state index in [2.05, 4.69) is 40.8 Å². The number of H-pyrrole nitrogens is 2. The van der Waals surface area contributed by atoms with Crippen LogP contribution >= 0.6 is 15.9 Å². The molecular weight excluding hydrogens is 1200 g/mol. The van der Waals surface area contributed by atoms with Gasteiger partial charge >= 0.3 is 78.4 Å². The molecule has 7 heterocycles. The summed E-state index contributed by atoms with van der Waals surface area (Å²) >= 11 is 3.33. The fourth-order valence-electron chi connectivity index (χ4n) is 9.49. The first kappa shape index (κ1) is 68.7. The van der Waals surface area contributed by atoms with E-state index in [0.29, 0.717) is 23.6 Å². The molecule has 2 atom stereocenters. The second kappa shape index (κ2) is 28.6. The summed E-state index contributed by atoms with van der Waals surface area (Å²) in [5, 5.41) is 32.0. The number of carbonyl (C=O) groups is 3. The zero-order chi connectivity index (χ0) is 60.9. The maximum Gasteiger partial charge on any atom is 1.00 e. The van der Waals surface area contributed by atoms with Gasteiger partial charge in [0, 0.05) is 64.8 Å². The topological polar surface area (TPSA) is 297 Å². The Kier molecular flexibility index (Phi) is 22.9. The molecule has 3 aliphatic rings. The fraction of sp³-hybridized carbons (Fsp3) is 0.373. The minimum absolute atomic E-state index is 0. The number of likely N-dealkylation sites (tertiary alicyclic amines) is 2. The molecule has 0 radical (unpaired) electrons. The van der Waals surface area contributed by atoms with Gasteiger partial charge in [-0.3, -0.25) is 34.8 Å². The van der Waals surface area contributed by atoms with Gasteiger partial charge in [0.25, 0.3) is 17.8 Å². The van der Waals surface area contributed by atoms with Crippen molar-refractivity contribution in [1.29, 1.82) is 0 Å². The number of nitro groups is 2. The van der Waals surface area contributed by atoms with E-state index < -0.39 is 39.4 Å². The van der Waals surface area contributed by atoms with Gasteiger partial charge in [-0.2, -0.15) is 0 Å². The molecule has 8 aromatic rings. The van der Waals surface area contributed by atoms with Gasteiger partial charge in [-0.05, 0) is 177 Å². The standard InChI is InChI=1S/C26H26N4O5.C20H20BNO5.C12H18BrN3O2.CH2O3.2Na.H/c1-26(2,3)35-25(31)29-12-4-5-21(29)24-27-15-20(28-24)17-8-11-22-18(13-17)14-23(34-22)16-6-9-19(10-7-16)30(32)33;1-19(2)20(3,4)27-21(26-19)15-7-10-17-14(11-15)12-18(25-17)13-5-8-16(9-6-13)22(23)24;1-12(2,3)18-11(17)16-6-4-5-8(16)10-14-7-9(13)15-10;2-1-4-3;;;/h6-11,13-15,21H,4-5,12H2,1-3H3,(H,27,28);5-12H,1-4H3;7-8H,4-6H2,1-3H3,(H,14,15);1,3H;;;/q;;;;2*+1;-1/p-1/t21-;;8-;;;;/m0.0..../s1. The largest absolute Gasteiger partial charge is 1.00 e. The molecule has 0 unspecified atom stereocenters. The number of halogens is 1. The molecule has 4 aromatic carbocycles. The van der Waals surface area contributed by atoms with E-state index in [1.165, 1.54) is 24.3 Å². The number of amides is 2. The first-order valence-electron chi connectivity index (χ1n) is 27.0. The summed E-state index contributed by atoms with van der Waals surface area (Å²) in [5.74, 6) is 2.84. The summed E-state index contributed by atoms with van der Waals surface area (Å²) < 4.78 is 35.9. The average Bonchev–Trinajstić information content (AvgIpc) is 1.77. The van der Waals surface area contributed by atoms with E-state index in [0.717, 1.165) is 92.7 Å². The van der Waals surface area contributed by atoms with Gasteiger partial charge in [0.2, 0.25) is 0 Å². The summed E-state index contributed by atoms with van der Waals surface area (Å²) in [4.78, 5) is 75.7. The first-order chi connectivity index (χ1) is 39.6. The molecule has 23 nitrogen and oxygen atoms in total. The van der Waals surface area contributed by atoms with E-state index in [1.54, 1.807) is 46.5 Å². The Morgan fingerprint density at radius 2 is 1.09 bits per heavy atom.